The van der Waals surface area contributed by atoms with Gasteiger partial charge in [0.05, 0.1) is 0 Å². The maximum absolute atomic E-state index is 12.8. The zero-order chi connectivity index (χ0) is 18.9. The molecule has 0 saturated carbocycles. The van der Waals surface area contributed by atoms with Gasteiger partial charge in [0, 0.05) is 29.8 Å². The summed E-state index contributed by atoms with van der Waals surface area (Å²) in [5.74, 6) is -0.270. The third-order valence-electron chi connectivity index (χ3n) is 3.87. The van der Waals surface area contributed by atoms with E-state index in [1.165, 1.54) is 6.20 Å². The molecule has 26 heavy (non-hydrogen) atoms. The van der Waals surface area contributed by atoms with Crippen LogP contribution < -0.4 is 5.32 Å². The van der Waals surface area contributed by atoms with Crippen LogP contribution in [0, 0.1) is 11.3 Å². The van der Waals surface area contributed by atoms with Gasteiger partial charge in [-0.15, -0.1) is 0 Å². The van der Waals surface area contributed by atoms with E-state index in [-0.39, 0.29) is 17.5 Å². The van der Waals surface area contributed by atoms with E-state index in [4.69, 9.17) is 0 Å². The average molecular weight is 412 g/mol. The molecule has 0 unspecified atom stereocenters. The Bertz CT molecular complexity index is 810. The monoisotopic (exact) mass is 411 g/mol. The highest BCUT2D eigenvalue weighted by Gasteiger charge is 2.21. The first kappa shape index (κ1) is 19.7. The van der Waals surface area contributed by atoms with Crippen molar-refractivity contribution in [2.75, 3.05) is 0 Å². The van der Waals surface area contributed by atoms with Crippen LogP contribution in [0.15, 0.2) is 70.8 Å². The fraction of sp³-hybridized carbons (Fsp3) is 0.238. The highest BCUT2D eigenvalue weighted by molar-refractivity contribution is 9.10. The van der Waals surface area contributed by atoms with Crippen molar-refractivity contribution in [1.29, 1.82) is 5.26 Å². The standard InChI is InChI=1S/C21H22BrN3O/c1-16(2)25(15-17-7-4-3-5-8-17)21(26)19(12-23)14-24-13-18-9-6-10-20(22)11-18/h3-11,14,16,24H,13,15H2,1-2H3/b19-14-. The molecule has 0 aliphatic carbocycles. The number of nitriles is 1. The molecule has 5 heteroatoms. The van der Waals surface area contributed by atoms with E-state index in [1.54, 1.807) is 4.90 Å². The van der Waals surface area contributed by atoms with Crippen LogP contribution in [0.4, 0.5) is 0 Å². The summed E-state index contributed by atoms with van der Waals surface area (Å²) in [5.41, 5.74) is 2.20. The van der Waals surface area contributed by atoms with E-state index in [0.717, 1.165) is 15.6 Å². The highest BCUT2D eigenvalue weighted by Crippen LogP contribution is 2.13. The average Bonchev–Trinajstić information content (AvgIpc) is 2.63. The first-order valence-corrected chi connectivity index (χ1v) is 9.23. The number of carbonyl (C=O) groups is 1. The quantitative estimate of drug-likeness (QED) is 0.542. The van der Waals surface area contributed by atoms with Crippen molar-refractivity contribution in [2.45, 2.75) is 33.0 Å². The third-order valence-corrected chi connectivity index (χ3v) is 4.37. The lowest BCUT2D eigenvalue weighted by molar-refractivity contribution is -0.129. The molecule has 1 amide bonds. The van der Waals surface area contributed by atoms with Gasteiger partial charge in [-0.25, -0.2) is 0 Å². The highest BCUT2D eigenvalue weighted by atomic mass is 79.9. The normalized spacial score (nSPS) is 11.1. The zero-order valence-electron chi connectivity index (χ0n) is 14.9. The van der Waals surface area contributed by atoms with Crippen molar-refractivity contribution >= 4 is 21.8 Å². The predicted molar refractivity (Wildman–Crippen MR) is 107 cm³/mol. The van der Waals surface area contributed by atoms with Crippen LogP contribution in [0.3, 0.4) is 0 Å². The number of carbonyl (C=O) groups excluding carboxylic acids is 1. The van der Waals surface area contributed by atoms with Gasteiger partial charge in [-0.05, 0) is 37.1 Å². The predicted octanol–water partition coefficient (Wildman–Crippen LogP) is 4.38. The smallest absolute Gasteiger partial charge is 0.266 e. The minimum absolute atomic E-state index is 0.00969. The summed E-state index contributed by atoms with van der Waals surface area (Å²) in [6.07, 6.45) is 1.50. The Morgan fingerprint density at radius 1 is 1.19 bits per heavy atom. The summed E-state index contributed by atoms with van der Waals surface area (Å²) < 4.78 is 0.992. The van der Waals surface area contributed by atoms with Gasteiger partial charge in [0.1, 0.15) is 11.6 Å². The number of nitrogens with one attached hydrogen (secondary N) is 1. The lowest BCUT2D eigenvalue weighted by Gasteiger charge is -2.26. The van der Waals surface area contributed by atoms with E-state index in [9.17, 15) is 10.1 Å². The Morgan fingerprint density at radius 2 is 1.88 bits per heavy atom. The van der Waals surface area contributed by atoms with Crippen LogP contribution in [0.25, 0.3) is 0 Å². The molecule has 1 N–H and O–H groups in total. The molecule has 0 fully saturated rings. The van der Waals surface area contributed by atoms with Crippen molar-refractivity contribution in [3.05, 3.63) is 82.0 Å². The first-order chi connectivity index (χ1) is 12.5. The van der Waals surface area contributed by atoms with Crippen LogP contribution in [-0.4, -0.2) is 16.8 Å². The molecule has 0 aliphatic heterocycles. The van der Waals surface area contributed by atoms with Crippen LogP contribution in [-0.2, 0) is 17.9 Å². The fourth-order valence-corrected chi connectivity index (χ4v) is 2.93. The van der Waals surface area contributed by atoms with Crippen molar-refractivity contribution in [1.82, 2.24) is 10.2 Å². The van der Waals surface area contributed by atoms with E-state index in [1.807, 2.05) is 74.5 Å². The van der Waals surface area contributed by atoms with E-state index in [2.05, 4.69) is 21.2 Å². The van der Waals surface area contributed by atoms with Crippen molar-refractivity contribution < 1.29 is 4.79 Å². The molecule has 134 valence electrons. The number of hydrogen-bond acceptors (Lipinski definition) is 3. The Morgan fingerprint density at radius 3 is 2.50 bits per heavy atom. The van der Waals surface area contributed by atoms with Crippen LogP contribution in [0.2, 0.25) is 0 Å². The van der Waals surface area contributed by atoms with Crippen molar-refractivity contribution in [3.63, 3.8) is 0 Å². The van der Waals surface area contributed by atoms with E-state index < -0.39 is 0 Å². The topological polar surface area (TPSA) is 56.1 Å². The second-order valence-corrected chi connectivity index (χ2v) is 7.11. The van der Waals surface area contributed by atoms with Gasteiger partial charge in [0.15, 0.2) is 0 Å². The first-order valence-electron chi connectivity index (χ1n) is 8.44. The number of nitrogens with zero attached hydrogens (tertiary/aromatic N) is 2. The molecule has 0 aromatic heterocycles. The van der Waals surface area contributed by atoms with Crippen LogP contribution in [0.1, 0.15) is 25.0 Å². The Labute approximate surface area is 163 Å². The Hall–Kier alpha value is -2.58. The molecule has 0 saturated heterocycles. The molecule has 0 spiro atoms. The maximum Gasteiger partial charge on any atom is 0.266 e. The number of amides is 1. The number of rotatable bonds is 7. The SMILES string of the molecule is CC(C)N(Cc1ccccc1)C(=O)/C(C#N)=C\NCc1cccc(Br)c1. The summed E-state index contributed by atoms with van der Waals surface area (Å²) in [7, 11) is 0. The molecule has 0 aliphatic rings. The third kappa shape index (κ3) is 5.75. The van der Waals surface area contributed by atoms with Crippen LogP contribution >= 0.6 is 15.9 Å². The minimum atomic E-state index is -0.270. The van der Waals surface area contributed by atoms with Crippen molar-refractivity contribution in [3.8, 4) is 6.07 Å². The van der Waals surface area contributed by atoms with E-state index >= 15 is 0 Å². The lowest BCUT2D eigenvalue weighted by atomic mass is 10.1. The number of benzene rings is 2. The van der Waals surface area contributed by atoms with Gasteiger partial charge in [0.25, 0.3) is 5.91 Å². The van der Waals surface area contributed by atoms with E-state index in [0.29, 0.717) is 13.1 Å². The molecule has 0 atom stereocenters. The van der Waals surface area contributed by atoms with Crippen molar-refractivity contribution in [2.24, 2.45) is 0 Å². The summed E-state index contributed by atoms with van der Waals surface area (Å²) in [5, 5.41) is 12.5. The molecule has 2 aromatic carbocycles. The lowest BCUT2D eigenvalue weighted by Crippen LogP contribution is -2.37. The fourth-order valence-electron chi connectivity index (χ4n) is 2.48. The van der Waals surface area contributed by atoms with Gasteiger partial charge >= 0.3 is 0 Å². The van der Waals surface area contributed by atoms with Gasteiger partial charge in [-0.3, -0.25) is 4.79 Å². The zero-order valence-corrected chi connectivity index (χ0v) is 16.5. The molecule has 0 heterocycles. The maximum atomic E-state index is 12.8. The summed E-state index contributed by atoms with van der Waals surface area (Å²) >= 11 is 3.43. The molecular weight excluding hydrogens is 390 g/mol. The molecule has 4 nitrogen and oxygen atoms in total. The van der Waals surface area contributed by atoms with Gasteiger partial charge in [-0.2, -0.15) is 5.26 Å². The molecule has 0 radical (unpaired) electrons. The molecular formula is C21H22BrN3O. The summed E-state index contributed by atoms with van der Waals surface area (Å²) in [6.45, 7) is 4.91. The second-order valence-electron chi connectivity index (χ2n) is 6.19. The largest absolute Gasteiger partial charge is 0.386 e. The van der Waals surface area contributed by atoms with Gasteiger partial charge in [-0.1, -0.05) is 58.4 Å². The second kappa shape index (κ2) is 9.79. The van der Waals surface area contributed by atoms with Gasteiger partial charge in [0.2, 0.25) is 0 Å². The van der Waals surface area contributed by atoms with Gasteiger partial charge < -0.3 is 10.2 Å². The van der Waals surface area contributed by atoms with Crippen LogP contribution in [0.5, 0.6) is 0 Å². The number of halogens is 1. The Balaban J connectivity index is 2.07. The molecule has 2 aromatic rings. The minimum Gasteiger partial charge on any atom is -0.386 e. The molecule has 0 bridgehead atoms. The summed E-state index contributed by atoms with van der Waals surface area (Å²) in [4.78, 5) is 14.5. The molecule has 2 rings (SSSR count). The number of hydrogen-bond donors (Lipinski definition) is 1. The Kier molecular flexibility index (Phi) is 7.43. The summed E-state index contributed by atoms with van der Waals surface area (Å²) in [6, 6.07) is 19.7.